The van der Waals surface area contributed by atoms with Gasteiger partial charge >= 0.3 is 0 Å². The van der Waals surface area contributed by atoms with Crippen LogP contribution in [-0.4, -0.2) is 31.1 Å². The molecular formula is C12H23NO2S. The zero-order chi connectivity index (χ0) is 12.2. The number of hydrogen-bond acceptors (Lipinski definition) is 2. The molecule has 3 nitrogen and oxygen atoms in total. The zero-order valence-corrected chi connectivity index (χ0v) is 11.4. The van der Waals surface area contributed by atoms with Gasteiger partial charge in [-0.15, -0.1) is 0 Å². The summed E-state index contributed by atoms with van der Waals surface area (Å²) in [7, 11) is -2.96. The summed E-state index contributed by atoms with van der Waals surface area (Å²) in [6.45, 7) is 7.33. The molecule has 1 heterocycles. The van der Waals surface area contributed by atoms with Crippen LogP contribution in [0.3, 0.4) is 0 Å². The van der Waals surface area contributed by atoms with E-state index < -0.39 is 10.0 Å². The highest BCUT2D eigenvalue weighted by atomic mass is 32.2. The topological polar surface area (TPSA) is 37.4 Å². The number of nitrogens with zero attached hydrogens (tertiary/aromatic N) is 1. The second kappa shape index (κ2) is 5.82. The lowest BCUT2D eigenvalue weighted by Gasteiger charge is -2.33. The molecule has 0 unspecified atom stereocenters. The largest absolute Gasteiger partial charge is 0.217 e. The fourth-order valence-electron chi connectivity index (χ4n) is 1.86. The number of hydrogen-bond donors (Lipinski definition) is 0. The van der Waals surface area contributed by atoms with Gasteiger partial charge in [0.1, 0.15) is 0 Å². The molecule has 0 spiro atoms. The van der Waals surface area contributed by atoms with Crippen LogP contribution < -0.4 is 0 Å². The third kappa shape index (κ3) is 2.86. The third-order valence-electron chi connectivity index (χ3n) is 3.23. The monoisotopic (exact) mass is 245 g/mol. The van der Waals surface area contributed by atoms with E-state index in [4.69, 9.17) is 0 Å². The van der Waals surface area contributed by atoms with Gasteiger partial charge in [0.15, 0.2) is 0 Å². The van der Waals surface area contributed by atoms with Crippen molar-refractivity contribution in [2.24, 2.45) is 0 Å². The molecular weight excluding hydrogens is 222 g/mol. The molecule has 0 N–H and O–H groups in total. The second-order valence-electron chi connectivity index (χ2n) is 4.26. The Morgan fingerprint density at radius 3 is 2.31 bits per heavy atom. The summed E-state index contributed by atoms with van der Waals surface area (Å²) in [4.78, 5) is 0. The van der Waals surface area contributed by atoms with Crippen LogP contribution in [0.2, 0.25) is 0 Å². The first-order chi connectivity index (χ1) is 7.60. The van der Waals surface area contributed by atoms with Crippen molar-refractivity contribution >= 4 is 10.0 Å². The summed E-state index contributed by atoms with van der Waals surface area (Å²) >= 11 is 0. The summed E-state index contributed by atoms with van der Waals surface area (Å²) in [6, 6.07) is 0. The van der Waals surface area contributed by atoms with E-state index >= 15 is 0 Å². The van der Waals surface area contributed by atoms with E-state index in [-0.39, 0.29) is 5.25 Å². The van der Waals surface area contributed by atoms with E-state index in [2.05, 4.69) is 6.92 Å². The third-order valence-corrected chi connectivity index (χ3v) is 5.60. The van der Waals surface area contributed by atoms with E-state index in [1.54, 1.807) is 4.31 Å². The Morgan fingerprint density at radius 1 is 1.31 bits per heavy atom. The van der Waals surface area contributed by atoms with Crippen molar-refractivity contribution in [1.29, 1.82) is 0 Å². The van der Waals surface area contributed by atoms with Crippen molar-refractivity contribution in [1.82, 2.24) is 4.31 Å². The average Bonchev–Trinajstić information content (AvgIpc) is 2.18. The van der Waals surface area contributed by atoms with Gasteiger partial charge in [0.2, 0.25) is 10.0 Å². The molecule has 1 saturated carbocycles. The van der Waals surface area contributed by atoms with Gasteiger partial charge in [-0.1, -0.05) is 31.9 Å². The Morgan fingerprint density at radius 2 is 1.94 bits per heavy atom. The van der Waals surface area contributed by atoms with Crippen LogP contribution in [0.25, 0.3) is 0 Å². The second-order valence-corrected chi connectivity index (χ2v) is 6.47. The van der Waals surface area contributed by atoms with Crippen LogP contribution in [0.5, 0.6) is 0 Å². The van der Waals surface area contributed by atoms with Gasteiger partial charge in [0.05, 0.1) is 5.25 Å². The predicted octanol–water partition coefficient (Wildman–Crippen LogP) is 2.55. The van der Waals surface area contributed by atoms with E-state index in [9.17, 15) is 8.42 Å². The molecule has 1 aliphatic carbocycles. The van der Waals surface area contributed by atoms with Crippen LogP contribution >= 0.6 is 0 Å². The van der Waals surface area contributed by atoms with Gasteiger partial charge in [-0.3, -0.25) is 0 Å². The van der Waals surface area contributed by atoms with Crippen LogP contribution in [-0.2, 0) is 10.0 Å². The summed E-state index contributed by atoms with van der Waals surface area (Å²) in [5.41, 5.74) is 1.31. The summed E-state index contributed by atoms with van der Waals surface area (Å²) in [5.74, 6) is 0. The normalized spacial score (nSPS) is 22.8. The van der Waals surface area contributed by atoms with Gasteiger partial charge in [-0.05, 0) is 26.2 Å². The highest BCUT2D eigenvalue weighted by molar-refractivity contribution is 7.89. The molecule has 0 radical (unpaired) electrons. The smallest absolute Gasteiger partial charge is 0.212 e. The molecule has 2 aliphatic rings. The Kier molecular flexibility index (Phi) is 4.99. The van der Waals surface area contributed by atoms with Crippen LogP contribution in [0.1, 0.15) is 46.5 Å². The van der Waals surface area contributed by atoms with Crippen molar-refractivity contribution < 1.29 is 8.42 Å². The van der Waals surface area contributed by atoms with Crippen molar-refractivity contribution in [3.63, 3.8) is 0 Å². The molecule has 2 rings (SSSR count). The lowest BCUT2D eigenvalue weighted by Crippen LogP contribution is -2.43. The predicted molar refractivity (Wildman–Crippen MR) is 67.9 cm³/mol. The molecule has 0 atom stereocenters. The van der Waals surface area contributed by atoms with Crippen molar-refractivity contribution in [2.45, 2.75) is 51.7 Å². The minimum Gasteiger partial charge on any atom is -0.212 e. The van der Waals surface area contributed by atoms with Crippen LogP contribution in [0, 0.1) is 0 Å². The van der Waals surface area contributed by atoms with Crippen molar-refractivity contribution in [2.75, 3.05) is 13.1 Å². The summed E-state index contributed by atoms with van der Waals surface area (Å²) in [5, 5.41) is -0.0747. The van der Waals surface area contributed by atoms with Crippen LogP contribution in [0.15, 0.2) is 11.6 Å². The molecule has 94 valence electrons. The number of sulfonamides is 1. The van der Waals surface area contributed by atoms with Crippen LogP contribution in [0.4, 0.5) is 0 Å². The van der Waals surface area contributed by atoms with Gasteiger partial charge < -0.3 is 0 Å². The van der Waals surface area contributed by atoms with Gasteiger partial charge in [-0.25, -0.2) is 8.42 Å². The first kappa shape index (κ1) is 13.7. The molecule has 0 aromatic heterocycles. The highest BCUT2D eigenvalue weighted by Crippen LogP contribution is 2.29. The SMILES string of the molecule is CC.CC1=CCN(S(=O)(=O)C2CCC2)CC1. The maximum Gasteiger partial charge on any atom is 0.217 e. The zero-order valence-electron chi connectivity index (χ0n) is 10.6. The minimum atomic E-state index is -2.96. The first-order valence-electron chi connectivity index (χ1n) is 6.25. The molecule has 16 heavy (non-hydrogen) atoms. The molecule has 0 aromatic rings. The fraction of sp³-hybridized carbons (Fsp3) is 0.833. The first-order valence-corrected chi connectivity index (χ1v) is 7.75. The quantitative estimate of drug-likeness (QED) is 0.701. The minimum absolute atomic E-state index is 0.0747. The fourth-order valence-corrected chi connectivity index (χ4v) is 3.84. The molecule has 0 bridgehead atoms. The average molecular weight is 245 g/mol. The van der Waals surface area contributed by atoms with Gasteiger partial charge in [-0.2, -0.15) is 4.31 Å². The molecule has 4 heteroatoms. The Bertz CT molecular complexity index is 342. The van der Waals surface area contributed by atoms with E-state index in [0.717, 1.165) is 25.7 Å². The molecule has 1 fully saturated rings. The Balaban J connectivity index is 0.000000606. The Labute approximate surface area is 99.6 Å². The molecule has 0 aromatic carbocycles. The van der Waals surface area contributed by atoms with Crippen molar-refractivity contribution in [3.05, 3.63) is 11.6 Å². The molecule has 0 amide bonds. The summed E-state index contributed by atoms with van der Waals surface area (Å²) < 4.78 is 25.6. The lowest BCUT2D eigenvalue weighted by molar-refractivity contribution is 0.392. The van der Waals surface area contributed by atoms with E-state index in [1.807, 2.05) is 19.9 Å². The molecule has 0 saturated heterocycles. The molecule has 1 aliphatic heterocycles. The standard InChI is InChI=1S/C10H17NO2S.C2H6/c1-9-5-7-11(8-6-9)14(12,13)10-3-2-4-10;1-2/h5,10H,2-4,6-8H2,1H3;1-2H3. The van der Waals surface area contributed by atoms with Crippen molar-refractivity contribution in [3.8, 4) is 0 Å². The summed E-state index contributed by atoms with van der Waals surface area (Å²) in [6.07, 6.45) is 5.72. The van der Waals surface area contributed by atoms with E-state index in [0.29, 0.717) is 13.1 Å². The lowest BCUT2D eigenvalue weighted by atomic mass is 10.0. The maximum atomic E-state index is 12.0. The number of rotatable bonds is 2. The maximum absolute atomic E-state index is 12.0. The van der Waals surface area contributed by atoms with E-state index in [1.165, 1.54) is 5.57 Å². The Hall–Kier alpha value is -0.350. The van der Waals surface area contributed by atoms with Gasteiger partial charge in [0, 0.05) is 13.1 Å². The van der Waals surface area contributed by atoms with Gasteiger partial charge in [0.25, 0.3) is 0 Å². The highest BCUT2D eigenvalue weighted by Gasteiger charge is 2.36.